The van der Waals surface area contributed by atoms with Gasteiger partial charge in [-0.3, -0.25) is 0 Å². The molecule has 1 saturated heterocycles. The van der Waals surface area contributed by atoms with Crippen LogP contribution in [0.4, 0.5) is 5.69 Å². The fraction of sp³-hybridized carbons (Fsp3) is 0.538. The molecule has 2 N–H and O–H groups in total. The summed E-state index contributed by atoms with van der Waals surface area (Å²) in [4.78, 5) is 4.04. The Morgan fingerprint density at radius 1 is 1.67 bits per heavy atom. The number of nitriles is 1. The molecule has 0 aliphatic carbocycles. The minimum Gasteiger partial charge on any atom is -0.383 e. The van der Waals surface area contributed by atoms with E-state index in [2.05, 4.69) is 21.7 Å². The van der Waals surface area contributed by atoms with Crippen LogP contribution in [-0.4, -0.2) is 37.3 Å². The van der Waals surface area contributed by atoms with E-state index in [9.17, 15) is 0 Å². The van der Waals surface area contributed by atoms with Crippen LogP contribution in [0.1, 0.15) is 18.5 Å². The zero-order valence-corrected chi connectivity index (χ0v) is 10.6. The lowest BCUT2D eigenvalue weighted by atomic mass is 9.98. The number of anilines is 1. The third kappa shape index (κ3) is 2.78. The van der Waals surface area contributed by atoms with Crippen molar-refractivity contribution in [3.8, 4) is 6.07 Å². The molecule has 0 radical (unpaired) electrons. The molecule has 1 unspecified atom stereocenters. The van der Waals surface area contributed by atoms with Gasteiger partial charge in [-0.1, -0.05) is 0 Å². The molecule has 18 heavy (non-hydrogen) atoms. The number of hydrogen-bond acceptors (Lipinski definition) is 5. The molecule has 1 atom stereocenters. The highest BCUT2D eigenvalue weighted by Gasteiger charge is 2.33. The van der Waals surface area contributed by atoms with E-state index in [4.69, 9.17) is 10.00 Å². The van der Waals surface area contributed by atoms with Crippen LogP contribution >= 0.6 is 0 Å². The second-order valence-corrected chi connectivity index (χ2v) is 4.61. The number of hydrogen-bond donors (Lipinski definition) is 2. The molecule has 1 aliphatic rings. The Balaban J connectivity index is 2.03. The first-order valence-electron chi connectivity index (χ1n) is 6.13. The summed E-state index contributed by atoms with van der Waals surface area (Å²) in [6.45, 7) is 2.42. The minimum absolute atomic E-state index is 0.0304. The van der Waals surface area contributed by atoms with Gasteiger partial charge in [0, 0.05) is 19.9 Å². The summed E-state index contributed by atoms with van der Waals surface area (Å²) < 4.78 is 5.29. The van der Waals surface area contributed by atoms with Crippen LogP contribution in [0, 0.1) is 11.3 Å². The van der Waals surface area contributed by atoms with Gasteiger partial charge >= 0.3 is 0 Å². The van der Waals surface area contributed by atoms with E-state index in [1.165, 1.54) is 0 Å². The maximum atomic E-state index is 8.99. The molecule has 0 saturated carbocycles. The van der Waals surface area contributed by atoms with Crippen LogP contribution in [0.5, 0.6) is 0 Å². The first-order chi connectivity index (χ1) is 8.79. The van der Waals surface area contributed by atoms with E-state index in [0.717, 1.165) is 31.6 Å². The highest BCUT2D eigenvalue weighted by atomic mass is 16.5. The van der Waals surface area contributed by atoms with Crippen LogP contribution in [-0.2, 0) is 4.74 Å². The molecule has 0 amide bonds. The third-order valence-electron chi connectivity index (χ3n) is 3.28. The van der Waals surface area contributed by atoms with Crippen LogP contribution in [0.3, 0.4) is 0 Å². The average Bonchev–Trinajstić information content (AvgIpc) is 2.86. The van der Waals surface area contributed by atoms with Gasteiger partial charge in [0.25, 0.3) is 0 Å². The monoisotopic (exact) mass is 246 g/mol. The number of pyridine rings is 1. The van der Waals surface area contributed by atoms with Crippen molar-refractivity contribution in [3.05, 3.63) is 24.0 Å². The zero-order valence-electron chi connectivity index (χ0n) is 10.6. The minimum atomic E-state index is -0.0304. The van der Waals surface area contributed by atoms with Gasteiger partial charge in [0.15, 0.2) is 5.69 Å². The first-order valence-corrected chi connectivity index (χ1v) is 6.13. The summed E-state index contributed by atoms with van der Waals surface area (Å²) in [6.07, 6.45) is 3.86. The summed E-state index contributed by atoms with van der Waals surface area (Å²) in [5.41, 5.74) is 1.18. The lowest BCUT2D eigenvalue weighted by Gasteiger charge is -2.29. The summed E-state index contributed by atoms with van der Waals surface area (Å²) in [7, 11) is 1.71. The molecule has 0 aromatic carbocycles. The van der Waals surface area contributed by atoms with E-state index >= 15 is 0 Å². The predicted octanol–water partition coefficient (Wildman–Crippen LogP) is 1.13. The highest BCUT2D eigenvalue weighted by Crippen LogP contribution is 2.21. The van der Waals surface area contributed by atoms with Gasteiger partial charge in [0.05, 0.1) is 17.8 Å². The third-order valence-corrected chi connectivity index (χ3v) is 3.28. The molecular formula is C13H18N4O. The number of nitrogens with one attached hydrogen (secondary N) is 2. The predicted molar refractivity (Wildman–Crippen MR) is 69.3 cm³/mol. The van der Waals surface area contributed by atoms with Gasteiger partial charge in [-0.15, -0.1) is 0 Å². The number of methoxy groups -OCH3 is 1. The largest absolute Gasteiger partial charge is 0.383 e. The zero-order chi connectivity index (χ0) is 12.8. The smallest absolute Gasteiger partial charge is 0.163 e. The highest BCUT2D eigenvalue weighted by molar-refractivity contribution is 5.53. The maximum Gasteiger partial charge on any atom is 0.163 e. The Bertz CT molecular complexity index is 435. The lowest BCUT2D eigenvalue weighted by molar-refractivity contribution is 0.127. The molecule has 5 heteroatoms. The number of ether oxygens (including phenoxy) is 1. The van der Waals surface area contributed by atoms with E-state index in [0.29, 0.717) is 12.3 Å². The van der Waals surface area contributed by atoms with Gasteiger partial charge in [-0.05, 0) is 31.5 Å². The molecule has 1 aromatic heterocycles. The maximum absolute atomic E-state index is 8.99. The van der Waals surface area contributed by atoms with Crippen LogP contribution in [0.15, 0.2) is 18.3 Å². The molecule has 2 rings (SSSR count). The fourth-order valence-electron chi connectivity index (χ4n) is 2.37. The molecule has 0 spiro atoms. The Kier molecular flexibility index (Phi) is 4.13. The van der Waals surface area contributed by atoms with Crippen molar-refractivity contribution in [1.29, 1.82) is 5.26 Å². The van der Waals surface area contributed by atoms with Crippen molar-refractivity contribution in [1.82, 2.24) is 10.3 Å². The summed E-state index contributed by atoms with van der Waals surface area (Å²) in [5, 5.41) is 15.8. The Labute approximate surface area is 107 Å². The second-order valence-electron chi connectivity index (χ2n) is 4.61. The topological polar surface area (TPSA) is 70.0 Å². The van der Waals surface area contributed by atoms with Gasteiger partial charge in [0.1, 0.15) is 6.07 Å². The van der Waals surface area contributed by atoms with E-state index < -0.39 is 0 Å². The Hall–Kier alpha value is -1.64. The first kappa shape index (κ1) is 12.8. The average molecular weight is 246 g/mol. The molecule has 1 fully saturated rings. The summed E-state index contributed by atoms with van der Waals surface area (Å²) >= 11 is 0. The van der Waals surface area contributed by atoms with Crippen molar-refractivity contribution in [3.63, 3.8) is 0 Å². The van der Waals surface area contributed by atoms with E-state index in [1.807, 2.05) is 12.1 Å². The molecular weight excluding hydrogens is 228 g/mol. The van der Waals surface area contributed by atoms with Crippen molar-refractivity contribution < 1.29 is 4.74 Å². The van der Waals surface area contributed by atoms with Gasteiger partial charge in [0.2, 0.25) is 0 Å². The van der Waals surface area contributed by atoms with Crippen molar-refractivity contribution in [2.75, 3.05) is 32.1 Å². The van der Waals surface area contributed by atoms with Crippen molar-refractivity contribution >= 4 is 5.69 Å². The standard InChI is InChI=1S/C13H18N4O/c1-18-10-13(5-3-7-17-13)9-16-11-4-2-6-15-12(11)8-14/h2,4,6,16-17H,3,5,7,9-10H2,1H3. The Morgan fingerprint density at radius 3 is 3.22 bits per heavy atom. The van der Waals surface area contributed by atoms with Gasteiger partial charge < -0.3 is 15.4 Å². The normalized spacial score (nSPS) is 22.7. The molecule has 1 aromatic rings. The number of nitrogens with zero attached hydrogens (tertiary/aromatic N) is 2. The van der Waals surface area contributed by atoms with Crippen molar-refractivity contribution in [2.45, 2.75) is 18.4 Å². The van der Waals surface area contributed by atoms with Crippen LogP contribution < -0.4 is 10.6 Å². The fourth-order valence-corrected chi connectivity index (χ4v) is 2.37. The van der Waals surface area contributed by atoms with Gasteiger partial charge in [-0.2, -0.15) is 5.26 Å². The summed E-state index contributed by atoms with van der Waals surface area (Å²) in [6, 6.07) is 5.79. The Morgan fingerprint density at radius 2 is 2.56 bits per heavy atom. The van der Waals surface area contributed by atoms with Gasteiger partial charge in [-0.25, -0.2) is 4.98 Å². The molecule has 96 valence electrons. The summed E-state index contributed by atoms with van der Waals surface area (Å²) in [5.74, 6) is 0. The number of aromatic nitrogens is 1. The second kappa shape index (κ2) is 5.80. The molecule has 2 heterocycles. The lowest BCUT2D eigenvalue weighted by Crippen LogP contribution is -2.49. The molecule has 1 aliphatic heterocycles. The SMILES string of the molecule is COCC1(CNc2cccnc2C#N)CCCN1. The van der Waals surface area contributed by atoms with E-state index in [-0.39, 0.29) is 5.54 Å². The van der Waals surface area contributed by atoms with Crippen molar-refractivity contribution in [2.24, 2.45) is 0 Å². The van der Waals surface area contributed by atoms with Crippen LogP contribution in [0.25, 0.3) is 0 Å². The van der Waals surface area contributed by atoms with E-state index in [1.54, 1.807) is 13.3 Å². The van der Waals surface area contributed by atoms with Crippen LogP contribution in [0.2, 0.25) is 0 Å². The molecule has 5 nitrogen and oxygen atoms in total. The number of rotatable bonds is 5. The quantitative estimate of drug-likeness (QED) is 0.815. The molecule has 0 bridgehead atoms.